The highest BCUT2D eigenvalue weighted by Crippen LogP contribution is 2.31. The normalized spacial score (nSPS) is 34.5. The van der Waals surface area contributed by atoms with Crippen LogP contribution in [0.15, 0.2) is 0 Å². The molecule has 0 heterocycles. The standard InChI is InChI=1S/C13H25N/c1-10(2)11-6-8-13(9-7-11)14-12-4-3-5-12/h10-14H,3-9H2,1-2H3. The lowest BCUT2D eigenvalue weighted by Gasteiger charge is -2.36. The average molecular weight is 195 g/mol. The van der Waals surface area contributed by atoms with E-state index >= 15 is 0 Å². The Morgan fingerprint density at radius 2 is 1.43 bits per heavy atom. The molecule has 0 aromatic heterocycles. The number of hydrogen-bond donors (Lipinski definition) is 1. The molecule has 2 aliphatic rings. The minimum Gasteiger partial charge on any atom is -0.311 e. The van der Waals surface area contributed by atoms with E-state index in [1.807, 2.05) is 0 Å². The van der Waals surface area contributed by atoms with E-state index in [4.69, 9.17) is 0 Å². The zero-order chi connectivity index (χ0) is 9.97. The predicted molar refractivity (Wildman–Crippen MR) is 61.4 cm³/mol. The van der Waals surface area contributed by atoms with Crippen molar-refractivity contribution in [2.75, 3.05) is 0 Å². The van der Waals surface area contributed by atoms with E-state index in [1.165, 1.54) is 44.9 Å². The summed E-state index contributed by atoms with van der Waals surface area (Å²) in [5.41, 5.74) is 0. The highest BCUT2D eigenvalue weighted by atomic mass is 15.0. The molecule has 0 bridgehead atoms. The molecular weight excluding hydrogens is 170 g/mol. The zero-order valence-electron chi connectivity index (χ0n) is 9.76. The zero-order valence-corrected chi connectivity index (χ0v) is 9.76. The minimum absolute atomic E-state index is 0.857. The Morgan fingerprint density at radius 1 is 0.857 bits per heavy atom. The van der Waals surface area contributed by atoms with Gasteiger partial charge in [-0.2, -0.15) is 0 Å². The second kappa shape index (κ2) is 4.65. The third kappa shape index (κ3) is 2.50. The van der Waals surface area contributed by atoms with E-state index in [-0.39, 0.29) is 0 Å². The van der Waals surface area contributed by atoms with Crippen LogP contribution in [0, 0.1) is 11.8 Å². The van der Waals surface area contributed by atoms with Crippen molar-refractivity contribution in [1.29, 1.82) is 0 Å². The highest BCUT2D eigenvalue weighted by molar-refractivity contribution is 4.84. The number of rotatable bonds is 3. The quantitative estimate of drug-likeness (QED) is 0.728. The van der Waals surface area contributed by atoms with Crippen molar-refractivity contribution in [2.24, 2.45) is 11.8 Å². The maximum atomic E-state index is 3.81. The first-order valence-corrected chi connectivity index (χ1v) is 6.51. The molecule has 82 valence electrons. The van der Waals surface area contributed by atoms with Gasteiger partial charge in [0.15, 0.2) is 0 Å². The first-order chi connectivity index (χ1) is 6.75. The van der Waals surface area contributed by atoms with E-state index in [0.29, 0.717) is 0 Å². The molecule has 2 fully saturated rings. The van der Waals surface area contributed by atoms with Crippen LogP contribution in [0.3, 0.4) is 0 Å². The highest BCUT2D eigenvalue weighted by Gasteiger charge is 2.26. The van der Waals surface area contributed by atoms with E-state index in [1.54, 1.807) is 0 Å². The summed E-state index contributed by atoms with van der Waals surface area (Å²) in [6.45, 7) is 4.76. The lowest BCUT2D eigenvalue weighted by Crippen LogP contribution is -2.44. The fourth-order valence-electron chi connectivity index (χ4n) is 2.86. The molecule has 0 spiro atoms. The Morgan fingerprint density at radius 3 is 1.86 bits per heavy atom. The van der Waals surface area contributed by atoms with Crippen molar-refractivity contribution >= 4 is 0 Å². The van der Waals surface area contributed by atoms with Crippen LogP contribution in [-0.4, -0.2) is 12.1 Å². The number of hydrogen-bond acceptors (Lipinski definition) is 1. The summed E-state index contributed by atoms with van der Waals surface area (Å²) in [6, 6.07) is 1.74. The van der Waals surface area contributed by atoms with Crippen molar-refractivity contribution in [1.82, 2.24) is 5.32 Å². The Labute approximate surface area is 88.7 Å². The molecule has 0 aliphatic heterocycles. The molecule has 2 aliphatic carbocycles. The van der Waals surface area contributed by atoms with Gasteiger partial charge in [0.25, 0.3) is 0 Å². The van der Waals surface area contributed by atoms with Crippen molar-refractivity contribution in [2.45, 2.75) is 70.9 Å². The van der Waals surface area contributed by atoms with Crippen LogP contribution in [0.25, 0.3) is 0 Å². The van der Waals surface area contributed by atoms with Gasteiger partial charge in [0.05, 0.1) is 0 Å². The van der Waals surface area contributed by atoms with Gasteiger partial charge in [0.2, 0.25) is 0 Å². The fourth-order valence-corrected chi connectivity index (χ4v) is 2.86. The van der Waals surface area contributed by atoms with Gasteiger partial charge in [-0.3, -0.25) is 0 Å². The van der Waals surface area contributed by atoms with E-state index in [9.17, 15) is 0 Å². The molecule has 0 aromatic carbocycles. The van der Waals surface area contributed by atoms with E-state index in [2.05, 4.69) is 19.2 Å². The maximum Gasteiger partial charge on any atom is 0.00698 e. The molecule has 0 unspecified atom stereocenters. The smallest absolute Gasteiger partial charge is 0.00698 e. The predicted octanol–water partition coefficient (Wildman–Crippen LogP) is 3.34. The first-order valence-electron chi connectivity index (χ1n) is 6.51. The molecule has 0 amide bonds. The summed E-state index contributed by atoms with van der Waals surface area (Å²) in [5.74, 6) is 1.91. The Kier molecular flexibility index (Phi) is 3.48. The molecule has 1 heteroatoms. The van der Waals surface area contributed by atoms with E-state index in [0.717, 1.165) is 23.9 Å². The van der Waals surface area contributed by atoms with Gasteiger partial charge in [0, 0.05) is 12.1 Å². The summed E-state index contributed by atoms with van der Waals surface area (Å²) < 4.78 is 0. The van der Waals surface area contributed by atoms with Gasteiger partial charge in [-0.1, -0.05) is 20.3 Å². The molecule has 0 radical (unpaired) electrons. The third-order valence-corrected chi connectivity index (χ3v) is 4.29. The molecule has 14 heavy (non-hydrogen) atoms. The Hall–Kier alpha value is -0.0400. The summed E-state index contributed by atoms with van der Waals surface area (Å²) in [5, 5.41) is 3.81. The molecular formula is C13H25N. The van der Waals surface area contributed by atoms with Gasteiger partial charge in [-0.25, -0.2) is 0 Å². The second-order valence-electron chi connectivity index (χ2n) is 5.65. The van der Waals surface area contributed by atoms with Crippen LogP contribution in [-0.2, 0) is 0 Å². The van der Waals surface area contributed by atoms with Crippen molar-refractivity contribution < 1.29 is 0 Å². The van der Waals surface area contributed by atoms with Gasteiger partial charge < -0.3 is 5.32 Å². The van der Waals surface area contributed by atoms with Gasteiger partial charge in [-0.05, 0) is 50.4 Å². The first kappa shape index (κ1) is 10.5. The summed E-state index contributed by atoms with van der Waals surface area (Å²) >= 11 is 0. The second-order valence-corrected chi connectivity index (χ2v) is 5.65. The van der Waals surface area contributed by atoms with Gasteiger partial charge in [0.1, 0.15) is 0 Å². The molecule has 0 aromatic rings. The Bertz CT molecular complexity index is 164. The van der Waals surface area contributed by atoms with Crippen molar-refractivity contribution in [3.05, 3.63) is 0 Å². The maximum absolute atomic E-state index is 3.81. The largest absolute Gasteiger partial charge is 0.311 e. The van der Waals surface area contributed by atoms with Crippen LogP contribution in [0.4, 0.5) is 0 Å². The molecule has 2 rings (SSSR count). The van der Waals surface area contributed by atoms with Crippen LogP contribution in [0.1, 0.15) is 58.8 Å². The molecule has 0 atom stereocenters. The van der Waals surface area contributed by atoms with E-state index < -0.39 is 0 Å². The molecule has 1 N–H and O–H groups in total. The SMILES string of the molecule is CC(C)C1CCC(NC2CCC2)CC1. The van der Waals surface area contributed by atoms with Gasteiger partial charge >= 0.3 is 0 Å². The topological polar surface area (TPSA) is 12.0 Å². The van der Waals surface area contributed by atoms with Crippen LogP contribution in [0.5, 0.6) is 0 Å². The number of nitrogens with one attached hydrogen (secondary N) is 1. The van der Waals surface area contributed by atoms with Crippen LogP contribution >= 0.6 is 0 Å². The Balaban J connectivity index is 1.67. The average Bonchev–Trinajstić information content (AvgIpc) is 2.12. The summed E-state index contributed by atoms with van der Waals surface area (Å²) in [6.07, 6.45) is 10.1. The lowest BCUT2D eigenvalue weighted by molar-refractivity contribution is 0.207. The fraction of sp³-hybridized carbons (Fsp3) is 1.00. The van der Waals surface area contributed by atoms with Crippen molar-refractivity contribution in [3.63, 3.8) is 0 Å². The third-order valence-electron chi connectivity index (χ3n) is 4.29. The monoisotopic (exact) mass is 195 g/mol. The molecule has 0 saturated heterocycles. The summed E-state index contributed by atoms with van der Waals surface area (Å²) in [7, 11) is 0. The van der Waals surface area contributed by atoms with Crippen LogP contribution in [0.2, 0.25) is 0 Å². The van der Waals surface area contributed by atoms with Crippen LogP contribution < -0.4 is 5.32 Å². The lowest BCUT2D eigenvalue weighted by atomic mass is 9.79. The van der Waals surface area contributed by atoms with Crippen molar-refractivity contribution in [3.8, 4) is 0 Å². The summed E-state index contributed by atoms with van der Waals surface area (Å²) in [4.78, 5) is 0. The molecule has 2 saturated carbocycles. The van der Waals surface area contributed by atoms with Gasteiger partial charge in [-0.15, -0.1) is 0 Å². The molecule has 1 nitrogen and oxygen atoms in total. The minimum atomic E-state index is 0.857.